The lowest BCUT2D eigenvalue weighted by atomic mass is 10.2. The molecule has 0 unspecified atom stereocenters. The molecule has 1 N–H and O–H groups in total. The van der Waals surface area contributed by atoms with Crippen LogP contribution in [-0.2, 0) is 6.54 Å². The molecule has 2 nitrogen and oxygen atoms in total. The van der Waals surface area contributed by atoms with Crippen LogP contribution in [-0.4, -0.2) is 24.9 Å². The van der Waals surface area contributed by atoms with Crippen LogP contribution < -0.4 is 10.1 Å². The van der Waals surface area contributed by atoms with Gasteiger partial charge in [0, 0.05) is 18.8 Å². The van der Waals surface area contributed by atoms with E-state index < -0.39 is 6.36 Å². The smallest absolute Gasteiger partial charge is 0.406 e. The highest BCUT2D eigenvalue weighted by Crippen LogP contribution is 2.22. The summed E-state index contributed by atoms with van der Waals surface area (Å²) in [5, 5.41) is 3.19. The molecule has 0 aromatic heterocycles. The van der Waals surface area contributed by atoms with Crippen molar-refractivity contribution < 1.29 is 17.9 Å². The summed E-state index contributed by atoms with van der Waals surface area (Å²) in [5.41, 5.74) is 0.931. The topological polar surface area (TPSA) is 21.3 Å². The van der Waals surface area contributed by atoms with Crippen molar-refractivity contribution in [2.45, 2.75) is 12.9 Å². The number of hydrogen-bond donors (Lipinski definition) is 1. The van der Waals surface area contributed by atoms with E-state index in [2.05, 4.69) is 10.1 Å². The summed E-state index contributed by atoms with van der Waals surface area (Å²) in [6.07, 6.45) is -2.61. The van der Waals surface area contributed by atoms with Crippen molar-refractivity contribution in [1.29, 1.82) is 0 Å². The molecule has 1 rings (SSSR count). The lowest BCUT2D eigenvalue weighted by Gasteiger charge is -2.09. The van der Waals surface area contributed by atoms with Crippen molar-refractivity contribution in [3.63, 3.8) is 0 Å². The number of hydrogen-bond acceptors (Lipinski definition) is 3. The molecule has 0 aliphatic carbocycles. The average molecular weight is 265 g/mol. The minimum atomic E-state index is -4.63. The van der Waals surface area contributed by atoms with Crippen LogP contribution >= 0.6 is 11.8 Å². The van der Waals surface area contributed by atoms with Crippen molar-refractivity contribution in [2.24, 2.45) is 0 Å². The lowest BCUT2D eigenvalue weighted by Crippen LogP contribution is -2.18. The molecular formula is C11H14F3NOS. The van der Waals surface area contributed by atoms with Crippen LogP contribution in [0.1, 0.15) is 5.56 Å². The predicted molar refractivity (Wildman–Crippen MR) is 63.2 cm³/mol. The van der Waals surface area contributed by atoms with Gasteiger partial charge in [-0.3, -0.25) is 0 Å². The third kappa shape index (κ3) is 6.43. The maximum absolute atomic E-state index is 11.9. The second kappa shape index (κ2) is 6.76. The van der Waals surface area contributed by atoms with Gasteiger partial charge in [0.25, 0.3) is 0 Å². The molecule has 0 saturated heterocycles. The Balaban J connectivity index is 2.39. The number of nitrogens with one attached hydrogen (secondary N) is 1. The highest BCUT2D eigenvalue weighted by Gasteiger charge is 2.30. The Morgan fingerprint density at radius 2 is 1.88 bits per heavy atom. The molecule has 0 spiro atoms. The number of ether oxygens (including phenoxy) is 1. The molecule has 0 heterocycles. The number of halogens is 3. The van der Waals surface area contributed by atoms with Gasteiger partial charge in [-0.1, -0.05) is 12.1 Å². The molecule has 0 aliphatic heterocycles. The second-order valence-electron chi connectivity index (χ2n) is 3.36. The van der Waals surface area contributed by atoms with E-state index in [1.54, 1.807) is 23.9 Å². The van der Waals surface area contributed by atoms with E-state index in [1.807, 2.05) is 6.26 Å². The lowest BCUT2D eigenvalue weighted by molar-refractivity contribution is -0.274. The summed E-state index contributed by atoms with van der Waals surface area (Å²) in [6, 6.07) is 5.87. The van der Waals surface area contributed by atoms with Crippen molar-refractivity contribution >= 4 is 11.8 Å². The van der Waals surface area contributed by atoms with Gasteiger partial charge in [-0.2, -0.15) is 11.8 Å². The normalized spacial score (nSPS) is 11.5. The fourth-order valence-electron chi connectivity index (χ4n) is 1.22. The van der Waals surface area contributed by atoms with Gasteiger partial charge >= 0.3 is 6.36 Å². The summed E-state index contributed by atoms with van der Waals surface area (Å²) in [5.74, 6) is 0.820. The second-order valence-corrected chi connectivity index (χ2v) is 4.35. The third-order valence-electron chi connectivity index (χ3n) is 1.97. The first-order valence-electron chi connectivity index (χ1n) is 5.05. The van der Waals surface area contributed by atoms with Crippen LogP contribution in [0.15, 0.2) is 24.3 Å². The molecule has 0 radical (unpaired) electrons. The highest BCUT2D eigenvalue weighted by atomic mass is 32.2. The van der Waals surface area contributed by atoms with E-state index in [4.69, 9.17) is 0 Å². The Hall–Kier alpha value is -0.880. The Morgan fingerprint density at radius 3 is 2.41 bits per heavy atom. The van der Waals surface area contributed by atoms with Crippen LogP contribution in [0, 0.1) is 0 Å². The molecule has 0 atom stereocenters. The largest absolute Gasteiger partial charge is 0.573 e. The number of thioether (sulfide) groups is 1. The van der Waals surface area contributed by atoms with Crippen LogP contribution in [0.3, 0.4) is 0 Å². The van der Waals surface area contributed by atoms with Crippen LogP contribution in [0.4, 0.5) is 13.2 Å². The number of alkyl halides is 3. The summed E-state index contributed by atoms with van der Waals surface area (Å²) in [4.78, 5) is 0. The molecule has 0 aliphatic rings. The van der Waals surface area contributed by atoms with Crippen LogP contribution in [0.5, 0.6) is 5.75 Å². The van der Waals surface area contributed by atoms with E-state index in [1.165, 1.54) is 12.1 Å². The minimum absolute atomic E-state index is 0.189. The van der Waals surface area contributed by atoms with Crippen molar-refractivity contribution in [3.05, 3.63) is 29.8 Å². The quantitative estimate of drug-likeness (QED) is 0.799. The summed E-state index contributed by atoms with van der Waals surface area (Å²) in [6.45, 7) is 1.52. The Kier molecular flexibility index (Phi) is 5.64. The number of benzene rings is 1. The predicted octanol–water partition coefficient (Wildman–Crippen LogP) is 3.04. The third-order valence-corrected chi connectivity index (χ3v) is 2.58. The fourth-order valence-corrected chi connectivity index (χ4v) is 1.56. The van der Waals surface area contributed by atoms with Gasteiger partial charge in [-0.05, 0) is 24.0 Å². The van der Waals surface area contributed by atoms with Crippen molar-refractivity contribution in [1.82, 2.24) is 5.32 Å². The summed E-state index contributed by atoms with van der Waals surface area (Å²) < 4.78 is 39.5. The van der Waals surface area contributed by atoms with Crippen molar-refractivity contribution in [3.8, 4) is 5.75 Å². The molecule has 0 bridgehead atoms. The maximum Gasteiger partial charge on any atom is 0.573 e. The van der Waals surface area contributed by atoms with Gasteiger partial charge in [-0.25, -0.2) is 0 Å². The van der Waals surface area contributed by atoms with E-state index in [0.29, 0.717) is 6.54 Å². The fraction of sp³-hybridized carbons (Fsp3) is 0.455. The summed E-state index contributed by atoms with van der Waals surface area (Å²) >= 11 is 1.74. The van der Waals surface area contributed by atoms with Gasteiger partial charge in [0.15, 0.2) is 0 Å². The molecule has 17 heavy (non-hydrogen) atoms. The molecule has 96 valence electrons. The summed E-state index contributed by atoms with van der Waals surface area (Å²) in [7, 11) is 0. The monoisotopic (exact) mass is 265 g/mol. The van der Waals surface area contributed by atoms with Gasteiger partial charge in [0.2, 0.25) is 0 Å². The van der Waals surface area contributed by atoms with Crippen LogP contribution in [0.2, 0.25) is 0 Å². The zero-order valence-corrected chi connectivity index (χ0v) is 10.2. The Morgan fingerprint density at radius 1 is 1.24 bits per heavy atom. The van der Waals surface area contributed by atoms with Gasteiger partial charge in [0.05, 0.1) is 0 Å². The Labute approximate surface area is 103 Å². The van der Waals surface area contributed by atoms with E-state index in [9.17, 15) is 13.2 Å². The standard InChI is InChI=1S/C11H14F3NOS/c1-17-7-6-15-8-9-2-4-10(5-3-9)16-11(12,13)14/h2-5,15H,6-8H2,1H3. The molecular weight excluding hydrogens is 251 g/mol. The highest BCUT2D eigenvalue weighted by molar-refractivity contribution is 7.98. The zero-order chi connectivity index (χ0) is 12.7. The van der Waals surface area contributed by atoms with Gasteiger partial charge < -0.3 is 10.1 Å². The Bertz CT molecular complexity index is 326. The van der Waals surface area contributed by atoms with E-state index >= 15 is 0 Å². The maximum atomic E-state index is 11.9. The van der Waals surface area contributed by atoms with Gasteiger partial charge in [-0.15, -0.1) is 13.2 Å². The van der Waals surface area contributed by atoms with E-state index in [0.717, 1.165) is 17.9 Å². The zero-order valence-electron chi connectivity index (χ0n) is 9.38. The van der Waals surface area contributed by atoms with Crippen LogP contribution in [0.25, 0.3) is 0 Å². The number of rotatable bonds is 6. The molecule has 0 amide bonds. The SMILES string of the molecule is CSCCNCc1ccc(OC(F)(F)F)cc1. The molecule has 6 heteroatoms. The first-order valence-corrected chi connectivity index (χ1v) is 6.45. The van der Waals surface area contributed by atoms with Crippen molar-refractivity contribution in [2.75, 3.05) is 18.6 Å². The van der Waals surface area contributed by atoms with E-state index in [-0.39, 0.29) is 5.75 Å². The first kappa shape index (κ1) is 14.2. The molecule has 0 saturated carbocycles. The van der Waals surface area contributed by atoms with Gasteiger partial charge in [0.1, 0.15) is 5.75 Å². The molecule has 0 fully saturated rings. The minimum Gasteiger partial charge on any atom is -0.406 e. The molecule has 1 aromatic rings. The molecule has 1 aromatic carbocycles. The average Bonchev–Trinajstić information content (AvgIpc) is 2.25. The first-order chi connectivity index (χ1) is 8.01.